The SMILES string of the molecule is CCCCCCCCCCCC(=O)OCCCSCCC(=O)NCCOCCOCCC(F)(F)P(=O)(O)OOC(=O)CCCCCCCCCCC. The fourth-order valence-corrected chi connectivity index (χ4v) is 6.57. The second-order valence-electron chi connectivity index (χ2n) is 13.1. The van der Waals surface area contributed by atoms with Gasteiger partial charge in [-0.1, -0.05) is 121 Å². The summed E-state index contributed by atoms with van der Waals surface area (Å²) in [6.45, 7) is 4.74. The average molecular weight is 790 g/mol. The highest BCUT2D eigenvalue weighted by Gasteiger charge is 2.52. The molecule has 0 aliphatic heterocycles. The largest absolute Gasteiger partial charge is 0.466 e. The third-order valence-corrected chi connectivity index (χ3v) is 10.7. The van der Waals surface area contributed by atoms with E-state index >= 15 is 0 Å². The number of ether oxygens (including phenoxy) is 3. The molecular formula is C37H70F2NO10PS. The molecule has 0 saturated carbocycles. The Hall–Kier alpha value is -1.31. The fraction of sp³-hybridized carbons (Fsp3) is 0.919. The van der Waals surface area contributed by atoms with Crippen LogP contribution in [0.2, 0.25) is 0 Å². The smallest absolute Gasteiger partial charge is 0.433 e. The second-order valence-corrected chi connectivity index (χ2v) is 16.2. The zero-order chi connectivity index (χ0) is 38.6. The Balaban J connectivity index is 3.66. The molecule has 0 radical (unpaired) electrons. The molecular weight excluding hydrogens is 719 g/mol. The minimum absolute atomic E-state index is 0.0421. The number of unbranched alkanes of at least 4 members (excludes halogenated alkanes) is 16. The summed E-state index contributed by atoms with van der Waals surface area (Å²) in [5.41, 5.74) is -4.17. The highest BCUT2D eigenvalue weighted by Crippen LogP contribution is 2.59. The summed E-state index contributed by atoms with van der Waals surface area (Å²) in [6, 6.07) is 0. The van der Waals surface area contributed by atoms with Crippen molar-refractivity contribution < 1.29 is 56.4 Å². The van der Waals surface area contributed by atoms with Gasteiger partial charge in [-0.05, 0) is 25.0 Å². The van der Waals surface area contributed by atoms with Gasteiger partial charge in [0.2, 0.25) is 5.91 Å². The number of nitrogens with one attached hydrogen (secondary N) is 1. The average Bonchev–Trinajstić information content (AvgIpc) is 3.11. The van der Waals surface area contributed by atoms with Crippen molar-refractivity contribution in [1.29, 1.82) is 0 Å². The normalized spacial score (nSPS) is 12.8. The van der Waals surface area contributed by atoms with Gasteiger partial charge in [0.05, 0.1) is 33.0 Å². The molecule has 0 rings (SSSR count). The molecule has 0 aromatic rings. The molecule has 15 heteroatoms. The van der Waals surface area contributed by atoms with E-state index in [0.29, 0.717) is 31.6 Å². The molecule has 0 spiro atoms. The predicted molar refractivity (Wildman–Crippen MR) is 202 cm³/mol. The Bertz CT molecular complexity index is 935. The molecule has 308 valence electrons. The molecule has 1 unspecified atom stereocenters. The number of alkyl halides is 2. The van der Waals surface area contributed by atoms with E-state index in [9.17, 15) is 32.6 Å². The van der Waals surface area contributed by atoms with Crippen LogP contribution in [0, 0.1) is 0 Å². The number of amides is 1. The first-order valence-corrected chi connectivity index (χ1v) is 22.5. The molecule has 0 aromatic heterocycles. The zero-order valence-corrected chi connectivity index (χ0v) is 33.9. The van der Waals surface area contributed by atoms with Gasteiger partial charge in [0, 0.05) is 38.0 Å². The Morgan fingerprint density at radius 1 is 0.635 bits per heavy atom. The van der Waals surface area contributed by atoms with E-state index in [-0.39, 0.29) is 44.7 Å². The molecule has 0 aliphatic rings. The first-order chi connectivity index (χ1) is 25.1. The number of esters is 1. The summed E-state index contributed by atoms with van der Waals surface area (Å²) in [4.78, 5) is 49.4. The summed E-state index contributed by atoms with van der Waals surface area (Å²) < 4.78 is 60.0. The number of carbonyl (C=O) groups excluding carboxylic acids is 3. The van der Waals surface area contributed by atoms with Gasteiger partial charge in [-0.25, -0.2) is 4.79 Å². The zero-order valence-electron chi connectivity index (χ0n) is 32.2. The lowest BCUT2D eigenvalue weighted by Gasteiger charge is -2.20. The van der Waals surface area contributed by atoms with Gasteiger partial charge in [0.1, 0.15) is 0 Å². The summed E-state index contributed by atoms with van der Waals surface area (Å²) in [5, 5.41) is 2.73. The Morgan fingerprint density at radius 2 is 1.13 bits per heavy atom. The molecule has 0 saturated heterocycles. The Kier molecular flexibility index (Phi) is 34.5. The fourth-order valence-electron chi connectivity index (χ4n) is 5.04. The van der Waals surface area contributed by atoms with Crippen molar-refractivity contribution >= 4 is 37.2 Å². The van der Waals surface area contributed by atoms with Crippen LogP contribution in [0.25, 0.3) is 0 Å². The van der Waals surface area contributed by atoms with Gasteiger partial charge in [0.25, 0.3) is 0 Å². The number of carbonyl (C=O) groups is 3. The lowest BCUT2D eigenvalue weighted by Crippen LogP contribution is -2.28. The topological polar surface area (TPSA) is 147 Å². The van der Waals surface area contributed by atoms with E-state index in [4.69, 9.17) is 14.2 Å². The minimum atomic E-state index is -5.57. The lowest BCUT2D eigenvalue weighted by atomic mass is 10.1. The standard InChI is InChI=1S/C37H70F2NO10PS/c1-3-5-7-9-11-13-15-17-19-22-35(42)48-27-21-32-52-33-24-34(41)40-26-29-47-31-30-46-28-25-37(38,39)51(44,45)50-49-36(43)23-20-18-16-14-12-10-8-6-4-2/h3-33H2,1-2H3,(H,40,41)(H,44,45). The van der Waals surface area contributed by atoms with Crippen molar-refractivity contribution in [2.45, 2.75) is 167 Å². The monoisotopic (exact) mass is 789 g/mol. The van der Waals surface area contributed by atoms with Crippen LogP contribution < -0.4 is 5.32 Å². The molecule has 2 N–H and O–H groups in total. The molecule has 0 aliphatic carbocycles. The molecule has 11 nitrogen and oxygen atoms in total. The maximum atomic E-state index is 14.2. The summed E-state index contributed by atoms with van der Waals surface area (Å²) in [6.07, 6.45) is 20.5. The van der Waals surface area contributed by atoms with Crippen molar-refractivity contribution in [3.05, 3.63) is 0 Å². The summed E-state index contributed by atoms with van der Waals surface area (Å²) in [7, 11) is -5.57. The van der Waals surface area contributed by atoms with Crippen molar-refractivity contribution in [2.24, 2.45) is 0 Å². The maximum Gasteiger partial charge on any atom is 0.433 e. The van der Waals surface area contributed by atoms with Crippen molar-refractivity contribution in [2.75, 3.05) is 51.1 Å². The van der Waals surface area contributed by atoms with E-state index in [1.807, 2.05) is 0 Å². The third kappa shape index (κ3) is 32.1. The molecule has 1 amide bonds. The van der Waals surface area contributed by atoms with Crippen LogP contribution in [0.15, 0.2) is 0 Å². The van der Waals surface area contributed by atoms with Crippen LogP contribution in [0.5, 0.6) is 0 Å². The van der Waals surface area contributed by atoms with E-state index in [0.717, 1.165) is 50.7 Å². The Labute approximate surface area is 316 Å². The van der Waals surface area contributed by atoms with E-state index < -0.39 is 32.3 Å². The third-order valence-electron chi connectivity index (χ3n) is 8.27. The number of rotatable bonds is 39. The van der Waals surface area contributed by atoms with Crippen LogP contribution >= 0.6 is 19.4 Å². The molecule has 52 heavy (non-hydrogen) atoms. The number of hydrogen-bond donors (Lipinski definition) is 2. The first-order valence-electron chi connectivity index (χ1n) is 19.8. The molecule has 0 bridgehead atoms. The predicted octanol–water partition coefficient (Wildman–Crippen LogP) is 9.68. The molecule has 0 fully saturated rings. The van der Waals surface area contributed by atoms with Gasteiger partial charge in [-0.3, -0.25) is 19.0 Å². The molecule has 0 aromatic carbocycles. The van der Waals surface area contributed by atoms with Gasteiger partial charge in [-0.2, -0.15) is 20.5 Å². The summed E-state index contributed by atoms with van der Waals surface area (Å²) in [5.74, 6) is 0.213. The highest BCUT2D eigenvalue weighted by atomic mass is 32.2. The lowest BCUT2D eigenvalue weighted by molar-refractivity contribution is -0.222. The van der Waals surface area contributed by atoms with Crippen LogP contribution in [0.4, 0.5) is 8.78 Å². The van der Waals surface area contributed by atoms with Gasteiger partial charge in [-0.15, -0.1) is 0 Å². The number of thioether (sulfide) groups is 1. The molecule has 0 heterocycles. The maximum absolute atomic E-state index is 14.2. The van der Waals surface area contributed by atoms with Crippen LogP contribution in [-0.4, -0.2) is 79.5 Å². The van der Waals surface area contributed by atoms with Crippen molar-refractivity contribution in [3.63, 3.8) is 0 Å². The van der Waals surface area contributed by atoms with E-state index in [2.05, 4.69) is 28.7 Å². The minimum Gasteiger partial charge on any atom is -0.466 e. The van der Waals surface area contributed by atoms with Gasteiger partial charge in [0.15, 0.2) is 0 Å². The molecule has 1 atom stereocenters. The second kappa shape index (κ2) is 35.4. The van der Waals surface area contributed by atoms with Crippen molar-refractivity contribution in [1.82, 2.24) is 5.32 Å². The van der Waals surface area contributed by atoms with Crippen LogP contribution in [0.3, 0.4) is 0 Å². The quantitative estimate of drug-likeness (QED) is 0.0202. The van der Waals surface area contributed by atoms with E-state index in [1.54, 1.807) is 11.8 Å². The Morgan fingerprint density at radius 3 is 1.69 bits per heavy atom. The van der Waals surface area contributed by atoms with Gasteiger partial charge < -0.3 is 24.4 Å². The first kappa shape index (κ1) is 50.7. The van der Waals surface area contributed by atoms with Crippen molar-refractivity contribution in [3.8, 4) is 0 Å². The summed E-state index contributed by atoms with van der Waals surface area (Å²) >= 11 is 1.62. The number of halogens is 2. The van der Waals surface area contributed by atoms with Gasteiger partial charge >= 0.3 is 25.2 Å². The van der Waals surface area contributed by atoms with Crippen LogP contribution in [0.1, 0.15) is 162 Å². The number of hydrogen-bond acceptors (Lipinski definition) is 10. The van der Waals surface area contributed by atoms with E-state index in [1.165, 1.54) is 70.6 Å². The highest BCUT2D eigenvalue weighted by molar-refractivity contribution is 7.99. The van der Waals surface area contributed by atoms with Crippen LogP contribution in [-0.2, 0) is 42.7 Å².